The minimum Gasteiger partial charge on any atom is -0.361 e. The predicted molar refractivity (Wildman–Crippen MR) is 85.2 cm³/mol. The molecule has 1 aliphatic carbocycles. The van der Waals surface area contributed by atoms with Gasteiger partial charge in [-0.1, -0.05) is 18.2 Å². The van der Waals surface area contributed by atoms with Crippen molar-refractivity contribution in [2.75, 3.05) is 20.6 Å². The first kappa shape index (κ1) is 14.1. The Morgan fingerprint density at radius 3 is 2.86 bits per heavy atom. The highest BCUT2D eigenvalue weighted by Crippen LogP contribution is 2.34. The molecule has 1 atom stereocenters. The zero-order valence-electron chi connectivity index (χ0n) is 12.7. The third-order valence-electron chi connectivity index (χ3n) is 4.36. The number of nitrogens with one attached hydrogen (secondary N) is 2. The average Bonchev–Trinajstić information content (AvgIpc) is 3.21. The molecule has 21 heavy (non-hydrogen) atoms. The topological polar surface area (TPSA) is 48.1 Å². The summed E-state index contributed by atoms with van der Waals surface area (Å²) in [6.45, 7) is 0.749. The number of H-pyrrole nitrogens is 1. The lowest BCUT2D eigenvalue weighted by atomic mass is 10.1. The minimum atomic E-state index is 0.104. The molecule has 0 spiro atoms. The lowest BCUT2D eigenvalue weighted by Gasteiger charge is -2.24. The number of likely N-dealkylation sites (N-methyl/N-ethyl adjacent to an activating group) is 1. The number of carbonyl (C=O) groups is 1. The van der Waals surface area contributed by atoms with Gasteiger partial charge in [0.15, 0.2) is 0 Å². The second kappa shape index (κ2) is 5.90. The van der Waals surface area contributed by atoms with Crippen molar-refractivity contribution in [3.8, 4) is 0 Å². The van der Waals surface area contributed by atoms with Crippen LogP contribution >= 0.6 is 0 Å². The fraction of sp³-hybridized carbons (Fsp3) is 0.471. The Hall–Kier alpha value is -1.81. The number of benzene rings is 1. The van der Waals surface area contributed by atoms with Crippen LogP contribution in [-0.4, -0.2) is 42.5 Å². The molecule has 2 aromatic rings. The molecule has 1 aliphatic rings. The van der Waals surface area contributed by atoms with E-state index in [4.69, 9.17) is 0 Å². The first-order chi connectivity index (χ1) is 10.1. The zero-order valence-corrected chi connectivity index (χ0v) is 12.7. The fourth-order valence-corrected chi connectivity index (χ4v) is 2.98. The maximum atomic E-state index is 12.2. The van der Waals surface area contributed by atoms with Gasteiger partial charge in [0, 0.05) is 29.7 Å². The molecular weight excluding hydrogens is 262 g/mol. The van der Waals surface area contributed by atoms with Crippen LogP contribution in [0.25, 0.3) is 10.9 Å². The van der Waals surface area contributed by atoms with Crippen LogP contribution in [-0.2, 0) is 11.2 Å². The summed E-state index contributed by atoms with van der Waals surface area (Å²) in [6.07, 6.45) is 4.96. The maximum Gasteiger partial charge on any atom is 0.224 e. The highest BCUT2D eigenvalue weighted by Gasteiger charge is 2.32. The van der Waals surface area contributed by atoms with Crippen molar-refractivity contribution >= 4 is 16.8 Å². The van der Waals surface area contributed by atoms with Gasteiger partial charge >= 0.3 is 0 Å². The van der Waals surface area contributed by atoms with Crippen molar-refractivity contribution in [3.63, 3.8) is 0 Å². The first-order valence-corrected chi connectivity index (χ1v) is 7.63. The van der Waals surface area contributed by atoms with Crippen molar-refractivity contribution in [3.05, 3.63) is 36.0 Å². The van der Waals surface area contributed by atoms with Gasteiger partial charge in [-0.3, -0.25) is 4.79 Å². The largest absolute Gasteiger partial charge is 0.361 e. The van der Waals surface area contributed by atoms with Gasteiger partial charge in [0.1, 0.15) is 0 Å². The number of fused-ring (bicyclic) bond motifs is 1. The van der Waals surface area contributed by atoms with E-state index in [2.05, 4.69) is 35.4 Å². The Balaban J connectivity index is 1.59. The molecule has 0 unspecified atom stereocenters. The normalized spacial score (nSPS) is 16.3. The van der Waals surface area contributed by atoms with Gasteiger partial charge in [-0.15, -0.1) is 0 Å². The summed E-state index contributed by atoms with van der Waals surface area (Å²) in [6, 6.07) is 8.57. The molecule has 0 saturated heterocycles. The minimum absolute atomic E-state index is 0.104. The molecular formula is C17H23N3O. The molecule has 3 rings (SSSR count). The van der Waals surface area contributed by atoms with Crippen LogP contribution in [0, 0.1) is 5.92 Å². The van der Waals surface area contributed by atoms with Crippen molar-refractivity contribution in [2.45, 2.75) is 25.3 Å². The maximum absolute atomic E-state index is 12.2. The SMILES string of the molecule is CN(C)[C@H](CNC(=O)Cc1c[nH]c2ccccc12)C1CC1. The number of hydrogen-bond donors (Lipinski definition) is 2. The van der Waals surface area contributed by atoms with E-state index < -0.39 is 0 Å². The summed E-state index contributed by atoms with van der Waals surface area (Å²) in [5.74, 6) is 0.862. The fourth-order valence-electron chi connectivity index (χ4n) is 2.98. The van der Waals surface area contributed by atoms with E-state index in [-0.39, 0.29) is 5.91 Å². The number of hydrogen-bond acceptors (Lipinski definition) is 2. The summed E-state index contributed by atoms with van der Waals surface area (Å²) in [7, 11) is 4.18. The number of para-hydroxylation sites is 1. The third kappa shape index (κ3) is 3.27. The van der Waals surface area contributed by atoms with E-state index in [1.165, 1.54) is 12.8 Å². The van der Waals surface area contributed by atoms with Crippen LogP contribution in [0.1, 0.15) is 18.4 Å². The van der Waals surface area contributed by atoms with E-state index >= 15 is 0 Å². The highest BCUT2D eigenvalue weighted by atomic mass is 16.1. The molecule has 2 N–H and O–H groups in total. The van der Waals surface area contributed by atoms with Crippen LogP contribution in [0.5, 0.6) is 0 Å². The molecule has 112 valence electrons. The lowest BCUT2D eigenvalue weighted by molar-refractivity contribution is -0.120. The lowest BCUT2D eigenvalue weighted by Crippen LogP contribution is -2.42. The Morgan fingerprint density at radius 1 is 1.38 bits per heavy atom. The van der Waals surface area contributed by atoms with E-state index in [9.17, 15) is 4.79 Å². The number of rotatable bonds is 6. The number of nitrogens with zero attached hydrogens (tertiary/aromatic N) is 1. The molecule has 1 aromatic heterocycles. The summed E-state index contributed by atoms with van der Waals surface area (Å²) >= 11 is 0. The number of carbonyl (C=O) groups excluding carboxylic acids is 1. The molecule has 1 fully saturated rings. The third-order valence-corrected chi connectivity index (χ3v) is 4.36. The van der Waals surface area contributed by atoms with E-state index in [0.717, 1.165) is 28.9 Å². The van der Waals surface area contributed by atoms with E-state index in [0.29, 0.717) is 12.5 Å². The van der Waals surface area contributed by atoms with Gasteiger partial charge < -0.3 is 15.2 Å². The predicted octanol–water partition coefficient (Wildman–Crippen LogP) is 2.17. The van der Waals surface area contributed by atoms with Gasteiger partial charge in [-0.25, -0.2) is 0 Å². The van der Waals surface area contributed by atoms with Crippen molar-refractivity contribution < 1.29 is 4.79 Å². The molecule has 1 aromatic carbocycles. The Kier molecular flexibility index (Phi) is 3.97. The Bertz CT molecular complexity index is 626. The molecule has 1 saturated carbocycles. The van der Waals surface area contributed by atoms with Gasteiger partial charge in [0.05, 0.1) is 6.42 Å². The average molecular weight is 285 g/mol. The first-order valence-electron chi connectivity index (χ1n) is 7.63. The standard InChI is InChI=1S/C17H23N3O/c1-20(2)16(12-7-8-12)11-19-17(21)9-13-10-18-15-6-4-3-5-14(13)15/h3-6,10,12,16,18H,7-9,11H2,1-2H3,(H,19,21)/t16-/m1/s1. The smallest absolute Gasteiger partial charge is 0.224 e. The molecule has 0 bridgehead atoms. The quantitative estimate of drug-likeness (QED) is 0.854. The van der Waals surface area contributed by atoms with Crippen LogP contribution in [0.4, 0.5) is 0 Å². The van der Waals surface area contributed by atoms with Crippen molar-refractivity contribution in [1.82, 2.24) is 15.2 Å². The molecule has 1 amide bonds. The van der Waals surface area contributed by atoms with E-state index in [1.807, 2.05) is 24.4 Å². The van der Waals surface area contributed by atoms with Crippen LogP contribution < -0.4 is 5.32 Å². The Morgan fingerprint density at radius 2 is 2.14 bits per heavy atom. The number of aromatic amines is 1. The van der Waals surface area contributed by atoms with Gasteiger partial charge in [0.25, 0.3) is 0 Å². The van der Waals surface area contributed by atoms with E-state index in [1.54, 1.807) is 0 Å². The summed E-state index contributed by atoms with van der Waals surface area (Å²) in [5, 5.41) is 4.23. The molecule has 0 radical (unpaired) electrons. The molecule has 0 aliphatic heterocycles. The van der Waals surface area contributed by atoms with Gasteiger partial charge in [-0.2, -0.15) is 0 Å². The van der Waals surface area contributed by atoms with Gasteiger partial charge in [-0.05, 0) is 44.5 Å². The number of amides is 1. The summed E-state index contributed by atoms with van der Waals surface area (Å²) in [5.41, 5.74) is 2.15. The van der Waals surface area contributed by atoms with Crippen LogP contribution in [0.2, 0.25) is 0 Å². The summed E-state index contributed by atoms with van der Waals surface area (Å²) in [4.78, 5) is 17.6. The van der Waals surface area contributed by atoms with Crippen molar-refractivity contribution in [2.24, 2.45) is 5.92 Å². The summed E-state index contributed by atoms with van der Waals surface area (Å²) < 4.78 is 0. The molecule has 4 nitrogen and oxygen atoms in total. The monoisotopic (exact) mass is 285 g/mol. The second-order valence-corrected chi connectivity index (χ2v) is 6.21. The molecule has 1 heterocycles. The highest BCUT2D eigenvalue weighted by molar-refractivity contribution is 5.88. The van der Waals surface area contributed by atoms with Gasteiger partial charge in [0.2, 0.25) is 5.91 Å². The van der Waals surface area contributed by atoms with Crippen molar-refractivity contribution in [1.29, 1.82) is 0 Å². The van der Waals surface area contributed by atoms with Crippen LogP contribution in [0.3, 0.4) is 0 Å². The zero-order chi connectivity index (χ0) is 14.8. The second-order valence-electron chi connectivity index (χ2n) is 6.21. The molecule has 4 heteroatoms. The Labute approximate surface area is 125 Å². The number of aromatic nitrogens is 1. The van der Waals surface area contributed by atoms with Crippen LogP contribution in [0.15, 0.2) is 30.5 Å².